The first kappa shape index (κ1) is 41.1. The maximum atomic E-state index is 15.3. The first-order valence-corrected chi connectivity index (χ1v) is 19.0. The maximum absolute atomic E-state index is 15.3. The number of anilines is 2. The van der Waals surface area contributed by atoms with Crippen molar-refractivity contribution in [3.05, 3.63) is 59.2 Å². The smallest absolute Gasteiger partial charge is 0.378 e. The van der Waals surface area contributed by atoms with Gasteiger partial charge in [0, 0.05) is 30.7 Å². The lowest BCUT2D eigenvalue weighted by Crippen LogP contribution is -2.51. The van der Waals surface area contributed by atoms with Gasteiger partial charge in [0.2, 0.25) is 17.7 Å². The number of nitriles is 1. The Hall–Kier alpha value is -4.53. The normalized spacial score (nSPS) is 25.5. The van der Waals surface area contributed by atoms with Crippen LogP contribution in [0.2, 0.25) is 0 Å². The Kier molecular flexibility index (Phi) is 11.9. The highest BCUT2D eigenvalue weighted by molar-refractivity contribution is 7.80. The summed E-state index contributed by atoms with van der Waals surface area (Å²) in [5, 5.41) is 14.3. The fourth-order valence-corrected chi connectivity index (χ4v) is 8.83. The van der Waals surface area contributed by atoms with Crippen molar-refractivity contribution in [3.8, 4) is 6.07 Å². The number of carbonyl (C=O) groups is 4. The van der Waals surface area contributed by atoms with Crippen molar-refractivity contribution in [3.63, 3.8) is 0 Å². The summed E-state index contributed by atoms with van der Waals surface area (Å²) >= 11 is 5.67. The zero-order valence-corrected chi connectivity index (χ0v) is 31.8. The van der Waals surface area contributed by atoms with E-state index in [2.05, 4.69) is 10.6 Å². The highest BCUT2D eigenvalue weighted by Gasteiger charge is 2.53. The third-order valence-electron chi connectivity index (χ3n) is 11.3. The van der Waals surface area contributed by atoms with Crippen LogP contribution >= 0.6 is 12.2 Å². The lowest BCUT2D eigenvalue weighted by Gasteiger charge is -2.41. The number of thiocarbonyl (C=S) groups is 1. The van der Waals surface area contributed by atoms with Gasteiger partial charge in [-0.15, -0.1) is 0 Å². The molecule has 4 aliphatic rings. The Balaban J connectivity index is 0.944. The van der Waals surface area contributed by atoms with Crippen LogP contribution in [0.15, 0.2) is 42.5 Å². The Morgan fingerprint density at radius 3 is 2.36 bits per heavy atom. The number of rotatable bonds is 10. The maximum Gasteiger partial charge on any atom is 0.417 e. The molecule has 6 rings (SSSR count). The lowest BCUT2D eigenvalue weighted by atomic mass is 9.88. The van der Waals surface area contributed by atoms with Gasteiger partial charge in [-0.1, -0.05) is 12.1 Å². The molecule has 0 spiro atoms. The van der Waals surface area contributed by atoms with E-state index in [9.17, 15) is 37.6 Å². The summed E-state index contributed by atoms with van der Waals surface area (Å²) in [6, 6.07) is 11.1. The third-order valence-corrected chi connectivity index (χ3v) is 11.7. The number of hydrogen-bond acceptors (Lipinski definition) is 8. The highest BCUT2D eigenvalue weighted by Crippen LogP contribution is 2.41. The van der Waals surface area contributed by atoms with Crippen LogP contribution in [0.1, 0.15) is 87.8 Å². The molecule has 0 bridgehead atoms. The van der Waals surface area contributed by atoms with Crippen LogP contribution in [-0.4, -0.2) is 88.4 Å². The summed E-state index contributed by atoms with van der Waals surface area (Å²) in [6.45, 7) is 3.01. The van der Waals surface area contributed by atoms with Crippen molar-refractivity contribution >= 4 is 52.3 Å². The number of carbonyl (C=O) groups excluding carboxylic acids is 4. The molecule has 4 fully saturated rings. The summed E-state index contributed by atoms with van der Waals surface area (Å²) < 4.78 is 77.7. The fourth-order valence-electron chi connectivity index (χ4n) is 8.26. The molecule has 1 saturated carbocycles. The van der Waals surface area contributed by atoms with E-state index in [1.54, 1.807) is 49.1 Å². The number of benzene rings is 2. The predicted molar refractivity (Wildman–Crippen MR) is 198 cm³/mol. The van der Waals surface area contributed by atoms with Gasteiger partial charge in [-0.2, -0.15) is 18.4 Å². The van der Waals surface area contributed by atoms with Crippen molar-refractivity contribution in [1.82, 2.24) is 15.1 Å². The summed E-state index contributed by atoms with van der Waals surface area (Å²) in [5.41, 5.74) is -1.75. The summed E-state index contributed by atoms with van der Waals surface area (Å²) in [6.07, 6.45) is -1.73. The minimum atomic E-state index is -4.80. The van der Waals surface area contributed by atoms with E-state index in [1.165, 1.54) is 11.0 Å². The van der Waals surface area contributed by atoms with E-state index in [4.69, 9.17) is 17.0 Å². The minimum absolute atomic E-state index is 0.0690. The lowest BCUT2D eigenvalue weighted by molar-refractivity contribution is -0.138. The third kappa shape index (κ3) is 8.72. The molecule has 2 aromatic rings. The van der Waals surface area contributed by atoms with Crippen LogP contribution in [0.5, 0.6) is 0 Å². The van der Waals surface area contributed by atoms with Gasteiger partial charge in [0.05, 0.1) is 48.0 Å². The number of halogens is 5. The van der Waals surface area contributed by atoms with Crippen molar-refractivity contribution < 1.29 is 45.9 Å². The van der Waals surface area contributed by atoms with E-state index in [0.717, 1.165) is 17.0 Å². The molecule has 0 radical (unpaired) electrons. The second-order valence-electron chi connectivity index (χ2n) is 15.4. The van der Waals surface area contributed by atoms with E-state index in [1.807, 2.05) is 0 Å². The molecule has 56 heavy (non-hydrogen) atoms. The minimum Gasteiger partial charge on any atom is -0.378 e. The number of nitrogens with zero attached hydrogens (tertiary/aromatic N) is 4. The zero-order chi connectivity index (χ0) is 40.6. The van der Waals surface area contributed by atoms with Gasteiger partial charge in [-0.25, -0.2) is 8.78 Å². The Labute approximate surface area is 326 Å². The molecule has 11 nitrogen and oxygen atoms in total. The van der Waals surface area contributed by atoms with Crippen molar-refractivity contribution in [1.29, 1.82) is 5.26 Å². The van der Waals surface area contributed by atoms with Crippen LogP contribution in [0.4, 0.5) is 33.3 Å². The van der Waals surface area contributed by atoms with Crippen LogP contribution < -0.4 is 15.5 Å². The molecular formula is C39H43F5N6O5S. The number of alkyl halides is 5. The summed E-state index contributed by atoms with van der Waals surface area (Å²) in [4.78, 5) is 54.1. The van der Waals surface area contributed by atoms with Crippen LogP contribution in [0, 0.1) is 17.2 Å². The van der Waals surface area contributed by atoms with E-state index in [0.29, 0.717) is 49.9 Å². The van der Waals surface area contributed by atoms with Gasteiger partial charge in [0.15, 0.2) is 5.11 Å². The highest BCUT2D eigenvalue weighted by atomic mass is 32.1. The number of hydrogen-bond donors (Lipinski definition) is 2. The molecular weight excluding hydrogens is 760 g/mol. The fraction of sp³-hybridized carbons (Fsp3) is 0.538. The monoisotopic (exact) mass is 802 g/mol. The molecule has 2 unspecified atom stereocenters. The molecule has 0 aromatic heterocycles. The average Bonchev–Trinajstić information content (AvgIpc) is 3.31. The van der Waals surface area contributed by atoms with Gasteiger partial charge < -0.3 is 15.0 Å². The van der Waals surface area contributed by atoms with Crippen molar-refractivity contribution in [2.24, 2.45) is 5.92 Å². The predicted octanol–water partition coefficient (Wildman–Crippen LogP) is 6.12. The van der Waals surface area contributed by atoms with Crippen molar-refractivity contribution in [2.45, 2.75) is 101 Å². The zero-order valence-electron chi connectivity index (χ0n) is 31.0. The van der Waals surface area contributed by atoms with Gasteiger partial charge in [0.25, 0.3) is 11.8 Å². The molecule has 3 saturated heterocycles. The number of nitrogens with one attached hydrogen (secondary N) is 2. The Morgan fingerprint density at radius 1 is 1.04 bits per heavy atom. The van der Waals surface area contributed by atoms with E-state index < -0.39 is 59.0 Å². The largest absolute Gasteiger partial charge is 0.417 e. The van der Waals surface area contributed by atoms with E-state index in [-0.39, 0.29) is 67.2 Å². The van der Waals surface area contributed by atoms with Crippen LogP contribution in [0.3, 0.4) is 0 Å². The van der Waals surface area contributed by atoms with Gasteiger partial charge >= 0.3 is 6.18 Å². The number of piperidine rings is 2. The molecule has 2 aromatic carbocycles. The second-order valence-corrected chi connectivity index (χ2v) is 15.8. The molecule has 1 aliphatic carbocycles. The quantitative estimate of drug-likeness (QED) is 0.166. The standard InChI is InChI=1S/C39H43F5N6O5S/c1-37(2)35(54)49(28-8-5-24(20-45)31(19-28)39(42,43)44)36(56)50(37)27-9-11-29(12-10-27)55-18-16-25-15-17-48(22-38(25,40)41)21-33(52)46-26-6-3-23(4-7-26)30-13-14-32(51)47-34(30)53/h3-8,19,25,27,29-30H,9-18,21-22H2,1-2H3,(H,46,52)(H,47,51,53)/t25?,27-,29-,30?. The van der Waals surface area contributed by atoms with Gasteiger partial charge in [-0.3, -0.25) is 34.3 Å². The van der Waals surface area contributed by atoms with Crippen LogP contribution in [-0.2, 0) is 30.1 Å². The Morgan fingerprint density at radius 2 is 1.73 bits per heavy atom. The number of ether oxygens (including phenoxy) is 1. The Bertz CT molecular complexity index is 1910. The molecule has 3 aliphatic heterocycles. The van der Waals surface area contributed by atoms with Crippen LogP contribution in [0.25, 0.3) is 0 Å². The van der Waals surface area contributed by atoms with E-state index >= 15 is 8.78 Å². The molecule has 17 heteroatoms. The molecule has 4 amide bonds. The average molecular weight is 803 g/mol. The number of amides is 4. The molecule has 2 N–H and O–H groups in total. The number of imide groups is 1. The van der Waals surface area contributed by atoms with Crippen molar-refractivity contribution in [2.75, 3.05) is 36.5 Å². The van der Waals surface area contributed by atoms with Gasteiger partial charge in [0.1, 0.15) is 5.54 Å². The summed E-state index contributed by atoms with van der Waals surface area (Å²) in [5.74, 6) is -6.00. The molecule has 2 atom stereocenters. The SMILES string of the molecule is CC1(C)C(=O)N(c2ccc(C#N)c(C(F)(F)F)c2)C(=S)N1[C@H]1CC[C@H](OCCC2CCN(CC(=O)Nc3ccc(C4CCC(=O)NC4=O)cc3)CC2(F)F)CC1. The topological polar surface area (TPSA) is 135 Å². The summed E-state index contributed by atoms with van der Waals surface area (Å²) in [7, 11) is 0. The first-order chi connectivity index (χ1) is 26.4. The molecule has 300 valence electrons. The molecule has 3 heterocycles. The second kappa shape index (κ2) is 16.1. The number of likely N-dealkylation sites (tertiary alicyclic amines) is 1. The first-order valence-electron chi connectivity index (χ1n) is 18.6. The van der Waals surface area contributed by atoms with Gasteiger partial charge in [-0.05, 0) is 113 Å².